The summed E-state index contributed by atoms with van der Waals surface area (Å²) in [7, 11) is 0. The highest BCUT2D eigenvalue weighted by Gasteiger charge is 2.32. The largest absolute Gasteiger partial charge is 0.406 e. The Labute approximate surface area is 141 Å². The van der Waals surface area contributed by atoms with Crippen molar-refractivity contribution in [3.05, 3.63) is 57.8 Å². The minimum absolute atomic E-state index is 0.0308. The first-order valence-corrected chi connectivity index (χ1v) is 8.16. The number of aryl methyl sites for hydroxylation is 1. The van der Waals surface area contributed by atoms with Crippen LogP contribution in [0.25, 0.3) is 0 Å². The molecule has 0 N–H and O–H groups in total. The molecule has 0 saturated carbocycles. The summed E-state index contributed by atoms with van der Waals surface area (Å²) in [5.41, 5.74) is 1.92. The van der Waals surface area contributed by atoms with Gasteiger partial charge < -0.3 is 4.90 Å². The van der Waals surface area contributed by atoms with E-state index >= 15 is 0 Å². The van der Waals surface area contributed by atoms with Crippen LogP contribution in [0.4, 0.5) is 13.2 Å². The van der Waals surface area contributed by atoms with Gasteiger partial charge in [-0.05, 0) is 46.5 Å². The van der Waals surface area contributed by atoms with E-state index in [0.29, 0.717) is 17.5 Å². The number of hydrogen-bond donors (Lipinski definition) is 0. The fourth-order valence-corrected chi connectivity index (χ4v) is 2.90. The van der Waals surface area contributed by atoms with Crippen LogP contribution in [-0.4, -0.2) is 23.5 Å². The van der Waals surface area contributed by atoms with Crippen molar-refractivity contribution in [1.82, 2.24) is 4.90 Å². The summed E-state index contributed by atoms with van der Waals surface area (Å²) in [4.78, 5) is 13.0. The Hall–Kier alpha value is -2.33. The quantitative estimate of drug-likeness (QED) is 0.784. The van der Waals surface area contributed by atoms with Gasteiger partial charge in [-0.3, -0.25) is 4.79 Å². The number of carbonyl (C=O) groups excluding carboxylic acids is 1. The highest BCUT2D eigenvalue weighted by molar-refractivity contribution is 7.07. The number of thiophene rings is 1. The standard InChI is InChI=1S/C17H15F3N2OS/c18-17(19,20)12-22(10-14-3-1-13(9-21)2-4-14)16(23)6-5-15-7-8-24-11-15/h1-4,7-8,11H,5-6,10,12H2. The molecule has 1 amide bonds. The first-order chi connectivity index (χ1) is 11.4. The molecule has 3 nitrogen and oxygen atoms in total. The van der Waals surface area contributed by atoms with Crippen LogP contribution >= 0.6 is 11.3 Å². The van der Waals surface area contributed by atoms with Gasteiger partial charge in [0.2, 0.25) is 5.91 Å². The van der Waals surface area contributed by atoms with Crippen LogP contribution in [0.5, 0.6) is 0 Å². The summed E-state index contributed by atoms with van der Waals surface area (Å²) in [6.45, 7) is -1.41. The molecule has 1 heterocycles. The maximum Gasteiger partial charge on any atom is 0.406 e. The summed E-state index contributed by atoms with van der Waals surface area (Å²) in [5, 5.41) is 12.5. The zero-order valence-electron chi connectivity index (χ0n) is 12.7. The smallest absolute Gasteiger partial charge is 0.329 e. The SMILES string of the molecule is N#Cc1ccc(CN(CC(F)(F)F)C(=O)CCc2ccsc2)cc1. The van der Waals surface area contributed by atoms with Gasteiger partial charge in [0.1, 0.15) is 6.54 Å². The highest BCUT2D eigenvalue weighted by atomic mass is 32.1. The number of amides is 1. The minimum Gasteiger partial charge on any atom is -0.329 e. The molecular weight excluding hydrogens is 337 g/mol. The molecule has 0 unspecified atom stereocenters. The van der Waals surface area contributed by atoms with Crippen molar-refractivity contribution in [2.75, 3.05) is 6.54 Å². The van der Waals surface area contributed by atoms with E-state index in [1.807, 2.05) is 22.9 Å². The topological polar surface area (TPSA) is 44.1 Å². The molecule has 24 heavy (non-hydrogen) atoms. The van der Waals surface area contributed by atoms with Crippen molar-refractivity contribution in [2.24, 2.45) is 0 Å². The number of carbonyl (C=O) groups is 1. The number of hydrogen-bond acceptors (Lipinski definition) is 3. The van der Waals surface area contributed by atoms with Crippen LogP contribution in [0.2, 0.25) is 0 Å². The predicted molar refractivity (Wildman–Crippen MR) is 85.3 cm³/mol. The maximum atomic E-state index is 12.8. The molecule has 2 rings (SSSR count). The summed E-state index contributed by atoms with van der Waals surface area (Å²) < 4.78 is 38.3. The second-order valence-electron chi connectivity index (χ2n) is 5.31. The molecule has 0 spiro atoms. The average molecular weight is 352 g/mol. The van der Waals surface area contributed by atoms with Gasteiger partial charge in [0.05, 0.1) is 11.6 Å². The van der Waals surface area contributed by atoms with E-state index < -0.39 is 18.6 Å². The Bertz CT molecular complexity index is 703. The lowest BCUT2D eigenvalue weighted by molar-refractivity contribution is -0.162. The molecule has 0 fully saturated rings. The van der Waals surface area contributed by atoms with E-state index in [1.165, 1.54) is 23.5 Å². The van der Waals surface area contributed by atoms with Gasteiger partial charge in [0.25, 0.3) is 0 Å². The monoisotopic (exact) mass is 352 g/mol. The zero-order valence-corrected chi connectivity index (χ0v) is 13.5. The van der Waals surface area contributed by atoms with Crippen LogP contribution in [0.15, 0.2) is 41.1 Å². The second-order valence-corrected chi connectivity index (χ2v) is 6.09. The number of rotatable bonds is 6. The molecule has 1 aromatic heterocycles. The van der Waals surface area contributed by atoms with E-state index in [9.17, 15) is 18.0 Å². The molecule has 2 aromatic rings. The summed E-state index contributed by atoms with van der Waals surface area (Å²) in [5.74, 6) is -0.539. The number of nitriles is 1. The van der Waals surface area contributed by atoms with Crippen LogP contribution in [0.3, 0.4) is 0 Å². The molecule has 0 atom stereocenters. The second kappa shape index (κ2) is 7.97. The number of nitrogens with zero attached hydrogens (tertiary/aromatic N) is 2. The van der Waals surface area contributed by atoms with Gasteiger partial charge in [0, 0.05) is 13.0 Å². The first-order valence-electron chi connectivity index (χ1n) is 7.22. The van der Waals surface area contributed by atoms with Crippen molar-refractivity contribution >= 4 is 17.2 Å². The predicted octanol–water partition coefficient (Wildman–Crippen LogP) is 4.14. The number of alkyl halides is 3. The minimum atomic E-state index is -4.45. The Morgan fingerprint density at radius 1 is 1.17 bits per heavy atom. The lowest BCUT2D eigenvalue weighted by Gasteiger charge is -2.24. The van der Waals surface area contributed by atoms with Gasteiger partial charge in [0.15, 0.2) is 0 Å². The molecule has 0 radical (unpaired) electrons. The third-order valence-corrected chi connectivity index (χ3v) is 4.12. The molecule has 0 aliphatic rings. The van der Waals surface area contributed by atoms with Gasteiger partial charge in [-0.1, -0.05) is 12.1 Å². The van der Waals surface area contributed by atoms with Crippen LogP contribution in [0.1, 0.15) is 23.1 Å². The Morgan fingerprint density at radius 2 is 1.88 bits per heavy atom. The molecule has 1 aromatic carbocycles. The molecule has 126 valence electrons. The third-order valence-electron chi connectivity index (χ3n) is 3.39. The Balaban J connectivity index is 2.05. The van der Waals surface area contributed by atoms with Crippen molar-refractivity contribution in [3.8, 4) is 6.07 Å². The Kier molecular flexibility index (Phi) is 5.99. The van der Waals surface area contributed by atoms with Gasteiger partial charge in [-0.2, -0.15) is 29.8 Å². The number of halogens is 3. The average Bonchev–Trinajstić information content (AvgIpc) is 3.05. The maximum absolute atomic E-state index is 12.8. The van der Waals surface area contributed by atoms with E-state index in [0.717, 1.165) is 10.5 Å². The summed E-state index contributed by atoms with van der Waals surface area (Å²) in [6, 6.07) is 9.98. The third kappa shape index (κ3) is 5.70. The Morgan fingerprint density at radius 3 is 2.42 bits per heavy atom. The summed E-state index contributed by atoms with van der Waals surface area (Å²) >= 11 is 1.48. The molecule has 7 heteroatoms. The fourth-order valence-electron chi connectivity index (χ4n) is 2.20. The zero-order chi connectivity index (χ0) is 17.6. The molecule has 0 saturated heterocycles. The van der Waals surface area contributed by atoms with Crippen molar-refractivity contribution in [3.63, 3.8) is 0 Å². The van der Waals surface area contributed by atoms with Gasteiger partial charge in [-0.15, -0.1) is 0 Å². The van der Waals surface area contributed by atoms with Crippen LogP contribution in [0, 0.1) is 11.3 Å². The van der Waals surface area contributed by atoms with Crippen molar-refractivity contribution in [2.45, 2.75) is 25.6 Å². The normalized spacial score (nSPS) is 11.1. The van der Waals surface area contributed by atoms with E-state index in [-0.39, 0.29) is 13.0 Å². The molecule has 0 aliphatic carbocycles. The van der Waals surface area contributed by atoms with Gasteiger partial charge in [-0.25, -0.2) is 0 Å². The van der Waals surface area contributed by atoms with Crippen molar-refractivity contribution < 1.29 is 18.0 Å². The van der Waals surface area contributed by atoms with Crippen LogP contribution in [-0.2, 0) is 17.8 Å². The van der Waals surface area contributed by atoms with E-state index in [2.05, 4.69) is 0 Å². The van der Waals surface area contributed by atoms with Crippen LogP contribution < -0.4 is 0 Å². The van der Waals surface area contributed by atoms with E-state index in [4.69, 9.17) is 5.26 Å². The molecule has 0 aliphatic heterocycles. The molecule has 0 bridgehead atoms. The summed E-state index contributed by atoms with van der Waals surface area (Å²) in [6.07, 6.45) is -4.00. The fraction of sp³-hybridized carbons (Fsp3) is 0.294. The molecular formula is C17H15F3N2OS. The van der Waals surface area contributed by atoms with E-state index in [1.54, 1.807) is 12.1 Å². The highest BCUT2D eigenvalue weighted by Crippen LogP contribution is 2.20. The first kappa shape index (κ1) is 18.0. The lowest BCUT2D eigenvalue weighted by atomic mass is 10.1. The van der Waals surface area contributed by atoms with Gasteiger partial charge >= 0.3 is 6.18 Å². The number of benzene rings is 1. The van der Waals surface area contributed by atoms with Crippen molar-refractivity contribution in [1.29, 1.82) is 5.26 Å². The lowest BCUT2D eigenvalue weighted by Crippen LogP contribution is -2.38.